The summed E-state index contributed by atoms with van der Waals surface area (Å²) in [4.78, 5) is 53.2. The van der Waals surface area contributed by atoms with Crippen molar-refractivity contribution < 1.29 is 23.9 Å². The predicted octanol–water partition coefficient (Wildman–Crippen LogP) is 2.49. The molecule has 0 spiro atoms. The molecule has 7 nitrogen and oxygen atoms in total. The van der Waals surface area contributed by atoms with Gasteiger partial charge in [-0.25, -0.2) is 0 Å². The maximum absolute atomic E-state index is 12.8. The number of hydrogen-bond donors (Lipinski definition) is 0. The van der Waals surface area contributed by atoms with Crippen molar-refractivity contribution in [3.05, 3.63) is 35.4 Å². The number of alkyl halides is 3. The fourth-order valence-corrected chi connectivity index (χ4v) is 5.38. The Labute approximate surface area is 185 Å². The maximum Gasteiger partial charge on any atom is 0.314 e. The third-order valence-electron chi connectivity index (χ3n) is 5.17. The lowest BCUT2D eigenvalue weighted by Crippen LogP contribution is -2.74. The lowest BCUT2D eigenvalue weighted by molar-refractivity contribution is -0.162. The number of carbonyl (C=O) groups is 4. The van der Waals surface area contributed by atoms with Crippen LogP contribution in [0, 0.1) is 5.41 Å². The van der Waals surface area contributed by atoms with Gasteiger partial charge in [-0.1, -0.05) is 46.9 Å². The summed E-state index contributed by atoms with van der Waals surface area (Å²) in [5, 5.41) is -0.404. The van der Waals surface area contributed by atoms with Gasteiger partial charge in [-0.3, -0.25) is 24.1 Å². The van der Waals surface area contributed by atoms with E-state index >= 15 is 0 Å². The van der Waals surface area contributed by atoms with Crippen LogP contribution in [0.15, 0.2) is 24.3 Å². The highest BCUT2D eigenvalue weighted by Gasteiger charge is 2.61. The molecule has 0 N–H and O–H groups in total. The molecular formula is C18H15Cl3N2O5S. The number of nitrogens with zero attached hydrogens (tertiary/aromatic N) is 2. The van der Waals surface area contributed by atoms with Gasteiger partial charge in [0, 0.05) is 12.3 Å². The molecule has 0 radical (unpaired) electrons. The molecule has 1 aromatic carbocycles. The van der Waals surface area contributed by atoms with E-state index in [1.165, 1.54) is 16.7 Å². The fraction of sp³-hybridized carbons (Fsp3) is 0.444. The monoisotopic (exact) mass is 476 g/mol. The molecule has 3 amide bonds. The van der Waals surface area contributed by atoms with Gasteiger partial charge in [0.1, 0.15) is 18.0 Å². The van der Waals surface area contributed by atoms with Crippen LogP contribution in [0.5, 0.6) is 0 Å². The Bertz CT molecular complexity index is 901. The number of β-lactam (4-membered cyclic amide) rings is 1. The third kappa shape index (κ3) is 3.40. The van der Waals surface area contributed by atoms with E-state index < -0.39 is 45.0 Å². The summed E-state index contributed by atoms with van der Waals surface area (Å²) in [5.41, 5.74) is -0.394. The number of benzene rings is 1. The molecule has 154 valence electrons. The Morgan fingerprint density at radius 3 is 2.34 bits per heavy atom. The predicted molar refractivity (Wildman–Crippen MR) is 108 cm³/mol. The van der Waals surface area contributed by atoms with Crippen LogP contribution >= 0.6 is 46.6 Å². The van der Waals surface area contributed by atoms with Gasteiger partial charge in [-0.2, -0.15) is 0 Å². The largest absolute Gasteiger partial charge is 0.461 e. The summed E-state index contributed by atoms with van der Waals surface area (Å²) >= 11 is 18.2. The minimum absolute atomic E-state index is 0.0991. The van der Waals surface area contributed by atoms with Crippen molar-refractivity contribution in [2.75, 3.05) is 18.9 Å². The molecule has 3 aliphatic heterocycles. The van der Waals surface area contributed by atoms with E-state index in [1.54, 1.807) is 31.2 Å². The normalized spacial score (nSPS) is 28.8. The lowest BCUT2D eigenvalue weighted by Gasteiger charge is -2.54. The Kier molecular flexibility index (Phi) is 5.05. The average Bonchev–Trinajstić information content (AvgIpc) is 2.91. The molecule has 2 unspecified atom stereocenters. The van der Waals surface area contributed by atoms with Gasteiger partial charge in [-0.15, -0.1) is 11.8 Å². The number of imide groups is 1. The number of ether oxygens (including phenoxy) is 1. The molecule has 1 aromatic rings. The molecule has 3 aliphatic rings. The Morgan fingerprint density at radius 1 is 1.21 bits per heavy atom. The number of rotatable bonds is 3. The van der Waals surface area contributed by atoms with Gasteiger partial charge in [-0.05, 0) is 19.1 Å². The molecule has 0 aromatic heterocycles. The molecule has 0 bridgehead atoms. The second-order valence-electron chi connectivity index (χ2n) is 7.39. The first-order valence-corrected chi connectivity index (χ1v) is 10.8. The molecule has 29 heavy (non-hydrogen) atoms. The number of fused-ring (bicyclic) bond motifs is 2. The molecule has 3 heterocycles. The van der Waals surface area contributed by atoms with Crippen LogP contribution in [0.2, 0.25) is 0 Å². The van der Waals surface area contributed by atoms with Crippen molar-refractivity contribution in [3.63, 3.8) is 0 Å². The van der Waals surface area contributed by atoms with Crippen LogP contribution in [0.25, 0.3) is 0 Å². The summed E-state index contributed by atoms with van der Waals surface area (Å²) in [6.07, 6.45) is 0. The van der Waals surface area contributed by atoms with Gasteiger partial charge >= 0.3 is 5.97 Å². The zero-order valence-corrected chi connectivity index (χ0v) is 18.1. The van der Waals surface area contributed by atoms with Crippen LogP contribution < -0.4 is 0 Å². The maximum atomic E-state index is 12.8. The Balaban J connectivity index is 1.47. The lowest BCUT2D eigenvalue weighted by atomic mass is 9.89. The second kappa shape index (κ2) is 7.04. The topological polar surface area (TPSA) is 84.0 Å². The first-order valence-electron chi connectivity index (χ1n) is 8.66. The smallest absolute Gasteiger partial charge is 0.314 e. The summed E-state index contributed by atoms with van der Waals surface area (Å²) in [7, 11) is 0. The van der Waals surface area contributed by atoms with Crippen LogP contribution in [0.1, 0.15) is 27.6 Å². The van der Waals surface area contributed by atoms with E-state index in [9.17, 15) is 19.2 Å². The summed E-state index contributed by atoms with van der Waals surface area (Å²) in [6.45, 7) is 1.37. The zero-order valence-electron chi connectivity index (χ0n) is 15.1. The van der Waals surface area contributed by atoms with E-state index in [0.29, 0.717) is 16.9 Å². The molecule has 2 saturated heterocycles. The highest BCUT2D eigenvalue weighted by molar-refractivity contribution is 8.00. The standard InChI is InChI=1S/C18H15Cl3N2O5S/c1-17(16(27)28-7-18(19,20)21)6-22-14(26)11(15(22)29-8-17)23-12(24)9-4-2-3-5-10(9)13(23)25/h2-5,11,15H,6-8H2,1H3/t11?,15-,17?/m1/s1. The average molecular weight is 478 g/mol. The van der Waals surface area contributed by atoms with Gasteiger partial charge < -0.3 is 9.64 Å². The van der Waals surface area contributed by atoms with Crippen molar-refractivity contribution in [1.82, 2.24) is 9.80 Å². The number of hydrogen-bond acceptors (Lipinski definition) is 6. The Morgan fingerprint density at radius 2 is 1.79 bits per heavy atom. The summed E-state index contributed by atoms with van der Waals surface area (Å²) < 4.78 is 3.37. The molecule has 2 fully saturated rings. The SMILES string of the molecule is CC1(C(=O)OCC(Cl)(Cl)Cl)CS[C@@H]2C(N3C(=O)c4ccccc4C3=O)C(=O)N2C1. The van der Waals surface area contributed by atoms with Gasteiger partial charge in [0.05, 0.1) is 16.5 Å². The Hall–Kier alpha value is -1.48. The van der Waals surface area contributed by atoms with Crippen LogP contribution in [0.3, 0.4) is 0 Å². The van der Waals surface area contributed by atoms with E-state index in [2.05, 4.69) is 0 Å². The number of esters is 1. The van der Waals surface area contributed by atoms with Crippen LogP contribution in [0.4, 0.5) is 0 Å². The van der Waals surface area contributed by atoms with Crippen molar-refractivity contribution in [3.8, 4) is 0 Å². The molecule has 0 aliphatic carbocycles. The molecule has 0 saturated carbocycles. The quantitative estimate of drug-likeness (QED) is 0.288. The minimum atomic E-state index is -1.72. The van der Waals surface area contributed by atoms with Crippen molar-refractivity contribution in [2.45, 2.75) is 22.1 Å². The van der Waals surface area contributed by atoms with Crippen molar-refractivity contribution in [1.29, 1.82) is 0 Å². The van der Waals surface area contributed by atoms with Crippen molar-refractivity contribution in [2.24, 2.45) is 5.41 Å². The molecule has 4 rings (SSSR count). The molecule has 3 atom stereocenters. The van der Waals surface area contributed by atoms with E-state index in [0.717, 1.165) is 4.90 Å². The van der Waals surface area contributed by atoms with Gasteiger partial charge in [0.2, 0.25) is 9.70 Å². The summed E-state index contributed by atoms with van der Waals surface area (Å²) in [6, 6.07) is 5.61. The van der Waals surface area contributed by atoms with E-state index in [-0.39, 0.29) is 12.5 Å². The fourth-order valence-electron chi connectivity index (χ4n) is 3.69. The highest BCUT2D eigenvalue weighted by Crippen LogP contribution is 2.45. The zero-order chi connectivity index (χ0) is 21.1. The van der Waals surface area contributed by atoms with Gasteiger partial charge in [0.15, 0.2) is 0 Å². The second-order valence-corrected chi connectivity index (χ2v) is 11.0. The molecular weight excluding hydrogens is 463 g/mol. The van der Waals surface area contributed by atoms with Crippen LogP contribution in [-0.2, 0) is 14.3 Å². The van der Waals surface area contributed by atoms with Gasteiger partial charge in [0.25, 0.3) is 11.8 Å². The van der Waals surface area contributed by atoms with Crippen LogP contribution in [-0.4, -0.2) is 67.6 Å². The first kappa shape index (κ1) is 20.8. The number of halogens is 3. The van der Waals surface area contributed by atoms with E-state index in [1.807, 2.05) is 0 Å². The minimum Gasteiger partial charge on any atom is -0.461 e. The van der Waals surface area contributed by atoms with E-state index in [4.69, 9.17) is 39.5 Å². The van der Waals surface area contributed by atoms with Crippen molar-refractivity contribution >= 4 is 70.3 Å². The number of amides is 3. The summed E-state index contributed by atoms with van der Waals surface area (Å²) in [5.74, 6) is -1.57. The number of carbonyl (C=O) groups excluding carboxylic acids is 4. The first-order chi connectivity index (χ1) is 13.5. The number of thioether (sulfide) groups is 1. The molecule has 11 heteroatoms. The third-order valence-corrected chi connectivity index (χ3v) is 7.15. The highest BCUT2D eigenvalue weighted by atomic mass is 35.6.